The molecule has 0 bridgehead atoms. The molecule has 1 N–H and O–H groups in total. The first kappa shape index (κ1) is 7.32. The van der Waals surface area contributed by atoms with Crippen molar-refractivity contribution in [3.63, 3.8) is 0 Å². The molecular weight excluding hydrogens is 176 g/mol. The number of aromatic nitrogens is 4. The molecule has 0 radical (unpaired) electrons. The van der Waals surface area contributed by atoms with Crippen LogP contribution < -0.4 is 0 Å². The Hall–Kier alpha value is -2.10. The predicted molar refractivity (Wildman–Crippen MR) is 52.8 cm³/mol. The van der Waals surface area contributed by atoms with Gasteiger partial charge < -0.3 is 0 Å². The van der Waals surface area contributed by atoms with Gasteiger partial charge in [0.1, 0.15) is 0 Å². The summed E-state index contributed by atoms with van der Waals surface area (Å²) in [6, 6.07) is 5.92. The zero-order chi connectivity index (χ0) is 9.38. The van der Waals surface area contributed by atoms with Gasteiger partial charge in [0.05, 0.1) is 5.69 Å². The van der Waals surface area contributed by atoms with Gasteiger partial charge in [-0.25, -0.2) is 9.50 Å². The number of nitrogens with one attached hydrogen (secondary N) is 1. The lowest BCUT2D eigenvalue weighted by atomic mass is 10.2. The summed E-state index contributed by atoms with van der Waals surface area (Å²) in [5, 5.41) is 3.21. The summed E-state index contributed by atoms with van der Waals surface area (Å²) in [5.41, 5.74) is 3.02. The molecule has 0 saturated carbocycles. The highest BCUT2D eigenvalue weighted by Gasteiger charge is 2.02. The first-order valence-corrected chi connectivity index (χ1v) is 4.36. The molecule has 4 nitrogen and oxygen atoms in total. The molecule has 0 amide bonds. The van der Waals surface area contributed by atoms with E-state index in [0.717, 1.165) is 16.9 Å². The zero-order valence-electron chi connectivity index (χ0n) is 7.38. The number of imidazole rings is 1. The SMILES string of the molecule is c1cncc(-c2cc3nccn3[nH]2)c1. The molecule has 0 aromatic carbocycles. The van der Waals surface area contributed by atoms with Crippen molar-refractivity contribution in [2.45, 2.75) is 0 Å². The van der Waals surface area contributed by atoms with Crippen molar-refractivity contribution in [2.75, 3.05) is 0 Å². The first-order chi connectivity index (χ1) is 6.93. The number of fused-ring (bicyclic) bond motifs is 1. The van der Waals surface area contributed by atoms with Gasteiger partial charge >= 0.3 is 0 Å². The first-order valence-electron chi connectivity index (χ1n) is 4.36. The minimum atomic E-state index is 0.920. The van der Waals surface area contributed by atoms with E-state index in [9.17, 15) is 0 Å². The molecule has 3 rings (SSSR count). The van der Waals surface area contributed by atoms with Crippen molar-refractivity contribution < 1.29 is 0 Å². The molecule has 3 aromatic heterocycles. The lowest BCUT2D eigenvalue weighted by Gasteiger charge is -1.93. The highest BCUT2D eigenvalue weighted by atomic mass is 15.3. The monoisotopic (exact) mass is 184 g/mol. The lowest BCUT2D eigenvalue weighted by molar-refractivity contribution is 0.977. The summed E-state index contributed by atoms with van der Waals surface area (Å²) >= 11 is 0. The molecule has 14 heavy (non-hydrogen) atoms. The Labute approximate surface area is 80.2 Å². The number of pyridine rings is 1. The second-order valence-electron chi connectivity index (χ2n) is 3.07. The molecule has 0 atom stereocenters. The molecule has 68 valence electrons. The smallest absolute Gasteiger partial charge is 0.153 e. The van der Waals surface area contributed by atoms with Gasteiger partial charge in [-0.2, -0.15) is 0 Å². The minimum absolute atomic E-state index is 0.920. The van der Waals surface area contributed by atoms with E-state index in [1.807, 2.05) is 35.1 Å². The number of nitrogens with zero attached hydrogens (tertiary/aromatic N) is 3. The van der Waals surface area contributed by atoms with Crippen LogP contribution in [0.25, 0.3) is 16.9 Å². The molecular formula is C10H8N4. The maximum Gasteiger partial charge on any atom is 0.153 e. The molecule has 0 aliphatic rings. The maximum absolute atomic E-state index is 4.18. The molecule has 3 heterocycles. The summed E-state index contributed by atoms with van der Waals surface area (Å²) in [7, 11) is 0. The standard InChI is InChI=1S/C10H8N4/c1-2-8(7-11-3-1)9-6-10-12-4-5-14(10)13-9/h1-7,13H. The maximum atomic E-state index is 4.18. The van der Waals surface area contributed by atoms with Crippen molar-refractivity contribution in [3.05, 3.63) is 43.0 Å². The van der Waals surface area contributed by atoms with Gasteiger partial charge in [0.25, 0.3) is 0 Å². The van der Waals surface area contributed by atoms with Gasteiger partial charge in [-0.3, -0.25) is 10.1 Å². The van der Waals surface area contributed by atoms with Crippen LogP contribution in [0.4, 0.5) is 0 Å². The van der Waals surface area contributed by atoms with Gasteiger partial charge in [-0.15, -0.1) is 0 Å². The van der Waals surface area contributed by atoms with Gasteiger partial charge in [-0.05, 0) is 12.1 Å². The van der Waals surface area contributed by atoms with Gasteiger partial charge in [0, 0.05) is 36.4 Å². The Morgan fingerprint density at radius 3 is 3.07 bits per heavy atom. The van der Waals surface area contributed by atoms with Crippen LogP contribution in [0.15, 0.2) is 43.0 Å². The number of hydrogen-bond acceptors (Lipinski definition) is 2. The molecule has 0 saturated heterocycles. The van der Waals surface area contributed by atoms with E-state index in [1.54, 1.807) is 12.4 Å². The average molecular weight is 184 g/mol. The third kappa shape index (κ3) is 1.01. The summed E-state index contributed by atoms with van der Waals surface area (Å²) in [5.74, 6) is 0. The van der Waals surface area contributed by atoms with Crippen LogP contribution in [0.3, 0.4) is 0 Å². The van der Waals surface area contributed by atoms with E-state index >= 15 is 0 Å². The average Bonchev–Trinajstić information content (AvgIpc) is 2.78. The van der Waals surface area contributed by atoms with Crippen molar-refractivity contribution in [1.29, 1.82) is 0 Å². The molecule has 4 heteroatoms. The van der Waals surface area contributed by atoms with E-state index in [2.05, 4.69) is 15.1 Å². The number of rotatable bonds is 1. The largest absolute Gasteiger partial charge is 0.292 e. The molecule has 0 aliphatic carbocycles. The van der Waals surface area contributed by atoms with E-state index in [0.29, 0.717) is 0 Å². The number of aromatic amines is 1. The number of hydrogen-bond donors (Lipinski definition) is 1. The van der Waals surface area contributed by atoms with E-state index in [-0.39, 0.29) is 0 Å². The topological polar surface area (TPSA) is 46.0 Å². The van der Waals surface area contributed by atoms with Crippen LogP contribution in [-0.4, -0.2) is 19.6 Å². The molecule has 3 aromatic rings. The van der Waals surface area contributed by atoms with Crippen molar-refractivity contribution in [2.24, 2.45) is 0 Å². The molecule has 0 aliphatic heterocycles. The number of H-pyrrole nitrogens is 1. The fraction of sp³-hybridized carbons (Fsp3) is 0. The molecule has 0 unspecified atom stereocenters. The zero-order valence-corrected chi connectivity index (χ0v) is 7.38. The highest BCUT2D eigenvalue weighted by molar-refractivity contribution is 5.62. The lowest BCUT2D eigenvalue weighted by Crippen LogP contribution is -1.82. The fourth-order valence-electron chi connectivity index (χ4n) is 1.48. The van der Waals surface area contributed by atoms with Crippen molar-refractivity contribution >= 4 is 5.65 Å². The Balaban J connectivity index is 2.19. The predicted octanol–water partition coefficient (Wildman–Crippen LogP) is 1.72. The molecule has 0 fully saturated rings. The Morgan fingerprint density at radius 1 is 1.29 bits per heavy atom. The third-order valence-corrected chi connectivity index (χ3v) is 2.16. The van der Waals surface area contributed by atoms with E-state index in [4.69, 9.17) is 0 Å². The Morgan fingerprint density at radius 2 is 2.29 bits per heavy atom. The van der Waals surface area contributed by atoms with Crippen molar-refractivity contribution in [1.82, 2.24) is 19.6 Å². The second-order valence-corrected chi connectivity index (χ2v) is 3.07. The summed E-state index contributed by atoms with van der Waals surface area (Å²) in [6.45, 7) is 0. The van der Waals surface area contributed by atoms with Crippen LogP contribution >= 0.6 is 0 Å². The fourth-order valence-corrected chi connectivity index (χ4v) is 1.48. The van der Waals surface area contributed by atoms with Gasteiger partial charge in [-0.1, -0.05) is 0 Å². The summed E-state index contributed by atoms with van der Waals surface area (Å²) < 4.78 is 1.88. The van der Waals surface area contributed by atoms with Gasteiger partial charge in [0.15, 0.2) is 5.65 Å². The minimum Gasteiger partial charge on any atom is -0.292 e. The van der Waals surface area contributed by atoms with Crippen LogP contribution in [0.2, 0.25) is 0 Å². The quantitative estimate of drug-likeness (QED) is 0.626. The summed E-state index contributed by atoms with van der Waals surface area (Å²) in [4.78, 5) is 8.24. The van der Waals surface area contributed by atoms with Crippen LogP contribution in [-0.2, 0) is 0 Å². The highest BCUT2D eigenvalue weighted by Crippen LogP contribution is 2.17. The Kier molecular flexibility index (Phi) is 1.41. The Bertz CT molecular complexity index is 521. The molecule has 0 spiro atoms. The van der Waals surface area contributed by atoms with E-state index in [1.165, 1.54) is 0 Å². The van der Waals surface area contributed by atoms with Crippen molar-refractivity contribution in [3.8, 4) is 11.3 Å². The van der Waals surface area contributed by atoms with Crippen LogP contribution in [0.5, 0.6) is 0 Å². The third-order valence-electron chi connectivity index (χ3n) is 2.16. The summed E-state index contributed by atoms with van der Waals surface area (Å²) in [6.07, 6.45) is 7.23. The normalized spacial score (nSPS) is 10.9. The van der Waals surface area contributed by atoms with Crippen LogP contribution in [0, 0.1) is 0 Å². The van der Waals surface area contributed by atoms with E-state index < -0.39 is 0 Å². The van der Waals surface area contributed by atoms with Crippen LogP contribution in [0.1, 0.15) is 0 Å². The van der Waals surface area contributed by atoms with Gasteiger partial charge in [0.2, 0.25) is 0 Å². The second kappa shape index (κ2) is 2.70.